The summed E-state index contributed by atoms with van der Waals surface area (Å²) in [4.78, 5) is 11.3. The summed E-state index contributed by atoms with van der Waals surface area (Å²) >= 11 is 15.6. The highest BCUT2D eigenvalue weighted by Crippen LogP contribution is 2.30. The van der Waals surface area contributed by atoms with Crippen LogP contribution in [0, 0.1) is 6.92 Å². The van der Waals surface area contributed by atoms with Crippen molar-refractivity contribution in [3.05, 3.63) is 33.3 Å². The van der Waals surface area contributed by atoms with Gasteiger partial charge in [-0.05, 0) is 30.5 Å². The Balaban J connectivity index is 2.97. The molecule has 0 bridgehead atoms. The number of hydrogen-bond donors (Lipinski definition) is 0. The number of ketones is 1. The molecule has 1 nitrogen and oxygen atoms in total. The van der Waals surface area contributed by atoms with Crippen LogP contribution in [0.5, 0.6) is 0 Å². The molecule has 1 unspecified atom stereocenters. The maximum atomic E-state index is 11.5. The lowest BCUT2D eigenvalue weighted by atomic mass is 10.0. The van der Waals surface area contributed by atoms with E-state index in [1.165, 1.54) is 0 Å². The van der Waals surface area contributed by atoms with Crippen molar-refractivity contribution in [1.82, 2.24) is 0 Å². The van der Waals surface area contributed by atoms with Crippen LogP contribution < -0.4 is 0 Å². The smallest absolute Gasteiger partial charge is 0.146 e. The Labute approximate surface area is 114 Å². The molecule has 0 spiro atoms. The van der Waals surface area contributed by atoms with Gasteiger partial charge in [-0.1, -0.05) is 52.1 Å². The molecule has 0 aliphatic rings. The number of alkyl halides is 1. The fraction of sp³-hybridized carbons (Fsp3) is 0.417. The molecule has 0 heterocycles. The number of aryl methyl sites for hydroxylation is 1. The van der Waals surface area contributed by atoms with E-state index in [0.717, 1.165) is 11.1 Å². The molecule has 1 atom stereocenters. The van der Waals surface area contributed by atoms with Crippen molar-refractivity contribution in [2.75, 3.05) is 0 Å². The lowest BCUT2D eigenvalue weighted by Gasteiger charge is -2.12. The number of halogens is 3. The van der Waals surface area contributed by atoms with E-state index in [2.05, 4.69) is 15.9 Å². The minimum atomic E-state index is -0.214. The average Bonchev–Trinajstić information content (AvgIpc) is 2.28. The molecule has 0 saturated carbocycles. The zero-order valence-corrected chi connectivity index (χ0v) is 12.3. The van der Waals surface area contributed by atoms with Crippen molar-refractivity contribution >= 4 is 44.9 Å². The molecular formula is C12H13BrCl2O. The first-order valence-electron chi connectivity index (χ1n) is 5.07. The summed E-state index contributed by atoms with van der Waals surface area (Å²) < 4.78 is 0. The fourth-order valence-corrected chi connectivity index (χ4v) is 2.59. The first-order valence-corrected chi connectivity index (χ1v) is 6.74. The van der Waals surface area contributed by atoms with E-state index >= 15 is 0 Å². The van der Waals surface area contributed by atoms with Crippen LogP contribution in [0.1, 0.15) is 24.5 Å². The molecular weight excluding hydrogens is 311 g/mol. The normalized spacial score (nSPS) is 12.6. The number of carbonyl (C=O) groups excluding carboxylic acids is 1. The van der Waals surface area contributed by atoms with Crippen molar-refractivity contribution in [1.29, 1.82) is 0 Å². The highest BCUT2D eigenvalue weighted by molar-refractivity contribution is 9.10. The Morgan fingerprint density at radius 1 is 1.44 bits per heavy atom. The van der Waals surface area contributed by atoms with E-state index in [9.17, 15) is 4.79 Å². The summed E-state index contributed by atoms with van der Waals surface area (Å²) in [6.07, 6.45) is 1.04. The summed E-state index contributed by atoms with van der Waals surface area (Å²) in [5.74, 6) is 0.161. The topological polar surface area (TPSA) is 17.1 Å². The van der Waals surface area contributed by atoms with Gasteiger partial charge in [0.15, 0.2) is 0 Å². The van der Waals surface area contributed by atoms with Gasteiger partial charge in [0.25, 0.3) is 0 Å². The zero-order valence-electron chi connectivity index (χ0n) is 9.19. The van der Waals surface area contributed by atoms with Crippen LogP contribution in [-0.2, 0) is 11.2 Å². The quantitative estimate of drug-likeness (QED) is 0.741. The second-order valence-corrected chi connectivity index (χ2v) is 5.54. The van der Waals surface area contributed by atoms with Crippen LogP contribution in [0.2, 0.25) is 10.0 Å². The van der Waals surface area contributed by atoms with Gasteiger partial charge in [-0.15, -0.1) is 0 Å². The van der Waals surface area contributed by atoms with Gasteiger partial charge >= 0.3 is 0 Å². The number of rotatable bonds is 4. The van der Waals surface area contributed by atoms with Gasteiger partial charge in [-0.3, -0.25) is 4.79 Å². The highest BCUT2D eigenvalue weighted by Gasteiger charge is 2.17. The Morgan fingerprint density at radius 3 is 2.62 bits per heavy atom. The predicted molar refractivity (Wildman–Crippen MR) is 72.9 cm³/mol. The summed E-state index contributed by atoms with van der Waals surface area (Å²) in [5, 5.41) is 1.27. The minimum Gasteiger partial charge on any atom is -0.298 e. The first kappa shape index (κ1) is 14.0. The van der Waals surface area contributed by atoms with E-state index in [1.54, 1.807) is 0 Å². The molecule has 16 heavy (non-hydrogen) atoms. The number of Topliss-reactive ketones (excluding diaryl/α,β-unsaturated/α-hetero) is 1. The van der Waals surface area contributed by atoms with Crippen molar-refractivity contribution < 1.29 is 4.79 Å². The molecule has 88 valence electrons. The van der Waals surface area contributed by atoms with Gasteiger partial charge in [0.1, 0.15) is 5.78 Å². The number of benzene rings is 1. The Bertz CT molecular complexity index is 404. The van der Waals surface area contributed by atoms with Crippen LogP contribution in [-0.4, -0.2) is 10.6 Å². The third kappa shape index (κ3) is 3.22. The van der Waals surface area contributed by atoms with E-state index in [1.807, 2.05) is 26.0 Å². The lowest BCUT2D eigenvalue weighted by molar-refractivity contribution is -0.118. The standard InChI is InChI=1S/C12H13BrCl2O/c1-3-11(16)9(13)6-8-10(14)5-4-7(2)12(8)15/h4-5,9H,3,6H2,1-2H3. The highest BCUT2D eigenvalue weighted by atomic mass is 79.9. The third-order valence-corrected chi connectivity index (χ3v) is 4.17. The second kappa shape index (κ2) is 6.04. The van der Waals surface area contributed by atoms with Gasteiger partial charge in [-0.25, -0.2) is 0 Å². The van der Waals surface area contributed by atoms with Gasteiger partial charge in [-0.2, -0.15) is 0 Å². The Kier molecular flexibility index (Phi) is 5.29. The predicted octanol–water partition coefficient (Wildman–Crippen LogP) is 4.59. The molecule has 4 heteroatoms. The van der Waals surface area contributed by atoms with Gasteiger partial charge in [0, 0.05) is 16.5 Å². The summed E-state index contributed by atoms with van der Waals surface area (Å²) in [7, 11) is 0. The fourth-order valence-electron chi connectivity index (χ4n) is 1.42. The Morgan fingerprint density at radius 2 is 2.06 bits per heavy atom. The first-order chi connectivity index (χ1) is 7.47. The third-order valence-electron chi connectivity index (χ3n) is 2.46. The summed E-state index contributed by atoms with van der Waals surface area (Å²) in [6.45, 7) is 3.77. The molecule has 0 fully saturated rings. The molecule has 0 radical (unpaired) electrons. The van der Waals surface area contributed by atoms with Gasteiger partial charge in [0.05, 0.1) is 4.83 Å². The molecule has 1 aromatic rings. The van der Waals surface area contributed by atoms with Crippen molar-refractivity contribution in [3.63, 3.8) is 0 Å². The van der Waals surface area contributed by atoms with Crippen LogP contribution in [0.15, 0.2) is 12.1 Å². The molecule has 0 saturated heterocycles. The van der Waals surface area contributed by atoms with E-state index in [0.29, 0.717) is 22.9 Å². The molecule has 1 aromatic carbocycles. The zero-order chi connectivity index (χ0) is 12.3. The number of carbonyl (C=O) groups is 1. The van der Waals surface area contributed by atoms with E-state index < -0.39 is 0 Å². The van der Waals surface area contributed by atoms with Crippen LogP contribution in [0.25, 0.3) is 0 Å². The maximum Gasteiger partial charge on any atom is 0.146 e. The minimum absolute atomic E-state index is 0.161. The largest absolute Gasteiger partial charge is 0.298 e. The summed E-state index contributed by atoms with van der Waals surface area (Å²) in [6, 6.07) is 3.69. The molecule has 1 rings (SSSR count). The summed E-state index contributed by atoms with van der Waals surface area (Å²) in [5.41, 5.74) is 1.82. The van der Waals surface area contributed by atoms with Crippen LogP contribution in [0.4, 0.5) is 0 Å². The van der Waals surface area contributed by atoms with Crippen molar-refractivity contribution in [2.24, 2.45) is 0 Å². The Hall–Kier alpha value is -0.0500. The van der Waals surface area contributed by atoms with Crippen LogP contribution in [0.3, 0.4) is 0 Å². The molecule has 0 aromatic heterocycles. The SMILES string of the molecule is CCC(=O)C(Br)Cc1c(Cl)ccc(C)c1Cl. The lowest BCUT2D eigenvalue weighted by Crippen LogP contribution is -2.16. The molecule has 0 aliphatic heterocycles. The average molecular weight is 324 g/mol. The maximum absolute atomic E-state index is 11.5. The number of hydrogen-bond acceptors (Lipinski definition) is 1. The van der Waals surface area contributed by atoms with Crippen molar-refractivity contribution in [2.45, 2.75) is 31.5 Å². The molecule has 0 N–H and O–H groups in total. The second-order valence-electron chi connectivity index (χ2n) is 3.65. The van der Waals surface area contributed by atoms with Gasteiger partial charge in [0.2, 0.25) is 0 Å². The van der Waals surface area contributed by atoms with Crippen molar-refractivity contribution in [3.8, 4) is 0 Å². The molecule has 0 aliphatic carbocycles. The molecule has 0 amide bonds. The van der Waals surface area contributed by atoms with Crippen LogP contribution >= 0.6 is 39.1 Å². The van der Waals surface area contributed by atoms with E-state index in [4.69, 9.17) is 23.2 Å². The van der Waals surface area contributed by atoms with E-state index in [-0.39, 0.29) is 10.6 Å². The van der Waals surface area contributed by atoms with Gasteiger partial charge < -0.3 is 0 Å². The monoisotopic (exact) mass is 322 g/mol.